The van der Waals surface area contributed by atoms with E-state index in [1.807, 2.05) is 30.3 Å². The lowest BCUT2D eigenvalue weighted by Gasteiger charge is -2.21. The fourth-order valence-electron chi connectivity index (χ4n) is 4.35. The molecule has 0 fully saturated rings. The number of nitrogens with zero attached hydrogens (tertiary/aromatic N) is 2. The first kappa shape index (κ1) is 28.8. The second kappa shape index (κ2) is 12.8. The van der Waals surface area contributed by atoms with Gasteiger partial charge in [0.2, 0.25) is 5.36 Å². The number of rotatable bonds is 12. The van der Waals surface area contributed by atoms with Crippen molar-refractivity contribution >= 4 is 38.8 Å². The van der Waals surface area contributed by atoms with Gasteiger partial charge in [0.1, 0.15) is 16.2 Å². The lowest BCUT2D eigenvalue weighted by Crippen LogP contribution is -2.36. The second-order valence-electron chi connectivity index (χ2n) is 8.87. The number of anilines is 1. The van der Waals surface area contributed by atoms with Gasteiger partial charge in [0, 0.05) is 65.0 Å². The van der Waals surface area contributed by atoms with Crippen LogP contribution < -0.4 is 26.7 Å². The molecule has 0 bridgehead atoms. The number of nitrogens with two attached hydrogens (primary N) is 2. The SMILES string of the molecule is CCCC/[N+](N)=c1/ccc2c(-c3ccccc3S(=O)(=O)O)c3ccc(N(N)CCCSOOO)cc3oc-2c1. The van der Waals surface area contributed by atoms with Crippen LogP contribution in [0.5, 0.6) is 0 Å². The molecule has 4 rings (SSSR count). The molecule has 2 aromatic rings. The summed E-state index contributed by atoms with van der Waals surface area (Å²) in [4.78, 5) is -0.206. The van der Waals surface area contributed by atoms with Crippen LogP contribution >= 0.6 is 12.0 Å². The molecule has 0 radical (unpaired) electrons. The van der Waals surface area contributed by atoms with Crippen molar-refractivity contribution in [2.24, 2.45) is 11.7 Å². The Bertz CT molecular complexity index is 1590. The molecular formula is C26H31N4O7S2+. The summed E-state index contributed by atoms with van der Waals surface area (Å²) in [5, 5.41) is 14.8. The summed E-state index contributed by atoms with van der Waals surface area (Å²) < 4.78 is 47.0. The summed E-state index contributed by atoms with van der Waals surface area (Å²) in [7, 11) is -4.51. The third-order valence-electron chi connectivity index (χ3n) is 6.24. The third-order valence-corrected chi connectivity index (χ3v) is 7.77. The molecule has 1 aliphatic heterocycles. The van der Waals surface area contributed by atoms with Gasteiger partial charge in [0.25, 0.3) is 10.1 Å². The molecule has 6 N–H and O–H groups in total. The smallest absolute Gasteiger partial charge is 0.295 e. The van der Waals surface area contributed by atoms with E-state index in [1.54, 1.807) is 34.0 Å². The summed E-state index contributed by atoms with van der Waals surface area (Å²) in [6, 6.07) is 17.2. The molecule has 0 saturated heterocycles. The van der Waals surface area contributed by atoms with Crippen molar-refractivity contribution < 1.29 is 32.0 Å². The van der Waals surface area contributed by atoms with Crippen LogP contribution in [0.1, 0.15) is 26.2 Å². The fraction of sp³-hybridized carbons (Fsp3) is 0.269. The molecule has 11 nitrogen and oxygen atoms in total. The molecule has 1 heterocycles. The number of benzene rings is 3. The number of hydrogen-bond acceptors (Lipinski definition) is 10. The molecule has 2 aliphatic rings. The Morgan fingerprint density at radius 3 is 2.62 bits per heavy atom. The molecule has 39 heavy (non-hydrogen) atoms. The van der Waals surface area contributed by atoms with Crippen LogP contribution in [0.15, 0.2) is 70.0 Å². The maximum atomic E-state index is 12.3. The first-order chi connectivity index (χ1) is 18.7. The van der Waals surface area contributed by atoms with Gasteiger partial charge in [-0.25, -0.2) is 16.9 Å². The highest BCUT2D eigenvalue weighted by molar-refractivity contribution is 7.94. The van der Waals surface area contributed by atoms with E-state index in [0.717, 1.165) is 30.2 Å². The molecule has 0 amide bonds. The molecule has 0 atom stereocenters. The number of unbranched alkanes of at least 4 members (excludes halogenated alkanes) is 1. The summed E-state index contributed by atoms with van der Waals surface area (Å²) in [5.41, 5.74) is 2.73. The van der Waals surface area contributed by atoms with Gasteiger partial charge in [-0.2, -0.15) is 8.42 Å². The largest absolute Gasteiger partial charge is 0.456 e. The van der Waals surface area contributed by atoms with Gasteiger partial charge in [-0.1, -0.05) is 36.6 Å². The summed E-state index contributed by atoms with van der Waals surface area (Å²) in [6.45, 7) is 3.22. The van der Waals surface area contributed by atoms with Crippen LogP contribution in [-0.2, 0) is 19.5 Å². The van der Waals surface area contributed by atoms with Crippen LogP contribution in [0.3, 0.4) is 0 Å². The van der Waals surface area contributed by atoms with Crippen LogP contribution in [0.2, 0.25) is 0 Å². The van der Waals surface area contributed by atoms with E-state index in [9.17, 15) is 13.0 Å². The monoisotopic (exact) mass is 575 g/mol. The fourth-order valence-corrected chi connectivity index (χ4v) is 5.41. The Balaban J connectivity index is 1.90. The minimum absolute atomic E-state index is 0.206. The van der Waals surface area contributed by atoms with E-state index in [0.29, 0.717) is 64.4 Å². The summed E-state index contributed by atoms with van der Waals surface area (Å²) in [5.74, 6) is 13.6. The van der Waals surface area contributed by atoms with Crippen LogP contribution in [0.25, 0.3) is 33.4 Å². The predicted molar refractivity (Wildman–Crippen MR) is 151 cm³/mol. The lowest BCUT2D eigenvalue weighted by molar-refractivity contribution is -0.432. The zero-order chi connectivity index (χ0) is 28.0. The van der Waals surface area contributed by atoms with Crippen molar-refractivity contribution in [1.82, 2.24) is 4.68 Å². The van der Waals surface area contributed by atoms with E-state index in [1.165, 1.54) is 6.07 Å². The second-order valence-corrected chi connectivity index (χ2v) is 11.0. The molecule has 13 heteroatoms. The topological polar surface area (TPSA) is 164 Å². The van der Waals surface area contributed by atoms with Gasteiger partial charge in [-0.05, 0) is 30.7 Å². The molecule has 208 valence electrons. The van der Waals surface area contributed by atoms with Crippen molar-refractivity contribution in [1.29, 1.82) is 0 Å². The number of hydrazine groups is 2. The maximum Gasteiger partial charge on any atom is 0.295 e. The van der Waals surface area contributed by atoms with Crippen LogP contribution in [-0.4, -0.2) is 37.1 Å². The molecule has 0 aromatic heterocycles. The molecular weight excluding hydrogens is 544 g/mol. The molecule has 0 saturated carbocycles. The Labute approximate surface area is 230 Å². The van der Waals surface area contributed by atoms with Crippen molar-refractivity contribution in [2.45, 2.75) is 31.1 Å². The van der Waals surface area contributed by atoms with Crippen LogP contribution in [0, 0.1) is 0 Å². The highest BCUT2D eigenvalue weighted by Crippen LogP contribution is 2.42. The van der Waals surface area contributed by atoms with Crippen molar-refractivity contribution in [3.05, 3.63) is 66.0 Å². The Morgan fingerprint density at radius 1 is 1.08 bits per heavy atom. The van der Waals surface area contributed by atoms with Crippen molar-refractivity contribution in [3.63, 3.8) is 0 Å². The summed E-state index contributed by atoms with van der Waals surface area (Å²) >= 11 is 0.949. The average Bonchev–Trinajstić information content (AvgIpc) is 2.93. The standard InChI is InChI=1S/C26H30N4O7S2/c1-2-3-13-29(27)18-9-11-20-23(16-18)35-24-17-19(30(28)14-6-15-38-37-36-31)10-12-21(24)26(20)22-7-4-5-8-25(22)39(32,33)34/h4-5,7-12,16-17H,2-3,6,13-15,27-28H2,1H3,(H-,31,32,33,34)/p+1. The Morgan fingerprint density at radius 2 is 1.87 bits per heavy atom. The number of hydrogen-bond donors (Lipinski definition) is 4. The van der Waals surface area contributed by atoms with Gasteiger partial charge >= 0.3 is 0 Å². The summed E-state index contributed by atoms with van der Waals surface area (Å²) in [6.07, 6.45) is 2.55. The highest BCUT2D eigenvalue weighted by atomic mass is 32.2. The van der Waals surface area contributed by atoms with E-state index >= 15 is 0 Å². The lowest BCUT2D eigenvalue weighted by atomic mass is 9.93. The van der Waals surface area contributed by atoms with E-state index < -0.39 is 10.1 Å². The normalized spacial score (nSPS) is 12.7. The maximum absolute atomic E-state index is 12.3. The van der Waals surface area contributed by atoms with Gasteiger partial charge < -0.3 is 9.43 Å². The van der Waals surface area contributed by atoms with Gasteiger partial charge in [0.15, 0.2) is 6.54 Å². The van der Waals surface area contributed by atoms with Gasteiger partial charge in [-0.3, -0.25) is 4.55 Å². The van der Waals surface area contributed by atoms with Crippen molar-refractivity contribution in [3.8, 4) is 22.5 Å². The molecule has 0 unspecified atom stereocenters. The van der Waals surface area contributed by atoms with Gasteiger partial charge in [-0.15, -0.1) is 9.02 Å². The van der Waals surface area contributed by atoms with E-state index in [4.69, 9.17) is 21.4 Å². The van der Waals surface area contributed by atoms with Crippen molar-refractivity contribution in [2.75, 3.05) is 23.9 Å². The Kier molecular flexibility index (Phi) is 9.45. The minimum Gasteiger partial charge on any atom is -0.456 e. The Hall–Kier alpha value is -3.17. The van der Waals surface area contributed by atoms with E-state index in [2.05, 4.69) is 16.3 Å². The third kappa shape index (κ3) is 6.70. The number of fused-ring (bicyclic) bond motifs is 2. The molecule has 2 aromatic carbocycles. The van der Waals surface area contributed by atoms with Gasteiger partial charge in [0.05, 0.1) is 11.8 Å². The first-order valence-electron chi connectivity index (χ1n) is 12.3. The molecule has 1 aliphatic carbocycles. The molecule has 0 spiro atoms. The zero-order valence-electron chi connectivity index (χ0n) is 21.3. The van der Waals surface area contributed by atoms with Crippen LogP contribution in [0.4, 0.5) is 5.69 Å². The van der Waals surface area contributed by atoms with E-state index in [-0.39, 0.29) is 4.90 Å². The highest BCUT2D eigenvalue weighted by Gasteiger charge is 2.24. The minimum atomic E-state index is -4.51. The quantitative estimate of drug-likeness (QED) is 0.0282. The first-order valence-corrected chi connectivity index (χ1v) is 14.6. The zero-order valence-corrected chi connectivity index (χ0v) is 23.0. The average molecular weight is 576 g/mol. The predicted octanol–water partition coefficient (Wildman–Crippen LogP) is 4.04.